The first kappa shape index (κ1) is 33.8. The van der Waals surface area contributed by atoms with Gasteiger partial charge < -0.3 is 36.9 Å². The summed E-state index contributed by atoms with van der Waals surface area (Å²) in [5.41, 5.74) is 6.14. The van der Waals surface area contributed by atoms with Crippen molar-refractivity contribution in [2.24, 2.45) is 4.99 Å². The van der Waals surface area contributed by atoms with E-state index in [9.17, 15) is 0 Å². The van der Waals surface area contributed by atoms with Crippen LogP contribution in [0, 0.1) is 0 Å². The molecular weight excluding hydrogens is 767 g/mol. The fourth-order valence-corrected chi connectivity index (χ4v) is 7.10. The molecule has 2 aliphatic rings. The lowest BCUT2D eigenvalue weighted by molar-refractivity contribution is -0.291. The van der Waals surface area contributed by atoms with Crippen LogP contribution >= 0.6 is 31.9 Å². The highest BCUT2D eigenvalue weighted by Crippen LogP contribution is 2.48. The molecule has 7 nitrogen and oxygen atoms in total. The average Bonchev–Trinajstić information content (AvgIpc) is 3.69. The van der Waals surface area contributed by atoms with Crippen molar-refractivity contribution in [3.63, 3.8) is 0 Å². The number of fused-ring (bicyclic) bond motifs is 2. The van der Waals surface area contributed by atoms with Crippen molar-refractivity contribution < 1.29 is 22.6 Å². The zero-order chi connectivity index (χ0) is 35.5. The van der Waals surface area contributed by atoms with E-state index in [1.54, 1.807) is 26.4 Å². The van der Waals surface area contributed by atoms with E-state index >= 15 is 8.63 Å². The molecule has 0 fully saturated rings. The number of benzene rings is 4. The van der Waals surface area contributed by atoms with Crippen LogP contribution in [0.4, 0.5) is 25.8 Å². The van der Waals surface area contributed by atoms with Gasteiger partial charge in [0.25, 0.3) is 5.84 Å². The molecule has 0 bridgehead atoms. The topological polar surface area (TPSA) is 45.2 Å². The van der Waals surface area contributed by atoms with Crippen LogP contribution in [0.2, 0.25) is 0 Å². The molecular formula is C38H34BBr2F2N5O2. The van der Waals surface area contributed by atoms with Gasteiger partial charge in [-0.05, 0) is 70.7 Å². The van der Waals surface area contributed by atoms with Crippen molar-refractivity contribution in [3.8, 4) is 33.9 Å². The Morgan fingerprint density at radius 1 is 0.680 bits per heavy atom. The second-order valence-corrected chi connectivity index (χ2v) is 14.4. The average molecular weight is 801 g/mol. The fourth-order valence-electron chi connectivity index (χ4n) is 6.58. The van der Waals surface area contributed by atoms with E-state index < -0.39 is 6.97 Å². The Morgan fingerprint density at radius 3 is 1.74 bits per heavy atom. The van der Waals surface area contributed by atoms with Crippen LogP contribution in [-0.4, -0.2) is 69.9 Å². The summed E-state index contributed by atoms with van der Waals surface area (Å²) < 4.78 is 51.6. The van der Waals surface area contributed by atoms with Crippen LogP contribution in [-0.2, 0) is 0 Å². The maximum absolute atomic E-state index is 18.0. The normalized spacial score (nSPS) is 14.5. The summed E-state index contributed by atoms with van der Waals surface area (Å²) in [6, 6.07) is 28.2. The van der Waals surface area contributed by atoms with Gasteiger partial charge in [-0.3, -0.25) is 0 Å². The summed E-state index contributed by atoms with van der Waals surface area (Å²) in [5.74, 6) is 1.25. The van der Waals surface area contributed by atoms with Crippen LogP contribution < -0.4 is 19.3 Å². The molecule has 0 unspecified atom stereocenters. The van der Waals surface area contributed by atoms with E-state index in [1.807, 2.05) is 123 Å². The minimum atomic E-state index is -4.56. The number of aliphatic imine (C=N–C) groups is 1. The minimum absolute atomic E-state index is 0.145. The maximum Gasteiger partial charge on any atom is 0.642 e. The number of rotatable bonds is 8. The van der Waals surface area contributed by atoms with Crippen molar-refractivity contribution in [2.45, 2.75) is 0 Å². The molecule has 0 atom stereocenters. The molecule has 0 aliphatic carbocycles. The van der Waals surface area contributed by atoms with E-state index in [4.69, 9.17) is 14.5 Å². The Bertz CT molecular complexity index is 2240. The Kier molecular flexibility index (Phi) is 8.72. The van der Waals surface area contributed by atoms with Gasteiger partial charge in [-0.25, -0.2) is 0 Å². The van der Waals surface area contributed by atoms with Gasteiger partial charge in [0.1, 0.15) is 17.2 Å². The summed E-state index contributed by atoms with van der Waals surface area (Å²) in [5, 5.41) is 0. The smallest absolute Gasteiger partial charge is 0.496 e. The van der Waals surface area contributed by atoms with E-state index in [0.717, 1.165) is 40.4 Å². The van der Waals surface area contributed by atoms with Crippen LogP contribution in [0.5, 0.6) is 11.5 Å². The first-order valence-corrected chi connectivity index (χ1v) is 17.5. The third kappa shape index (κ3) is 5.64. The quantitative estimate of drug-likeness (QED) is 0.147. The number of amidine groups is 1. The van der Waals surface area contributed by atoms with Gasteiger partial charge in [0.15, 0.2) is 0 Å². The molecule has 5 aromatic rings. The molecule has 0 N–H and O–H groups in total. The maximum atomic E-state index is 18.0. The summed E-state index contributed by atoms with van der Waals surface area (Å²) in [4.78, 5) is 8.93. The molecule has 3 heterocycles. The van der Waals surface area contributed by atoms with Crippen molar-refractivity contribution in [1.29, 1.82) is 0 Å². The van der Waals surface area contributed by atoms with Crippen LogP contribution in [0.15, 0.2) is 111 Å². The van der Waals surface area contributed by atoms with Crippen molar-refractivity contribution in [1.82, 2.24) is 4.48 Å². The third-order valence-corrected chi connectivity index (χ3v) is 10.2. The minimum Gasteiger partial charge on any atom is -0.496 e. The van der Waals surface area contributed by atoms with Gasteiger partial charge in [0.2, 0.25) is 5.82 Å². The highest BCUT2D eigenvalue weighted by atomic mass is 79.9. The molecule has 50 heavy (non-hydrogen) atoms. The monoisotopic (exact) mass is 799 g/mol. The standard InChI is InChI=1S/C38H34BBr2F2N5O2/c1-45(2)27-15-17-29(34(19-27)49-5)33-21-32(24-9-13-26(41)14-10-24)38-44-36-22-31(23-7-11-25(40)12-8-23)37(48(36)39(42,43)47(33)38)30-18-16-28(46(3)4)20-35(30)50-6/h7-22H,1-6H3. The van der Waals surface area contributed by atoms with Gasteiger partial charge in [-0.1, -0.05) is 56.1 Å². The number of hydrogen-bond acceptors (Lipinski definition) is 5. The molecule has 0 amide bonds. The predicted molar refractivity (Wildman–Crippen MR) is 208 cm³/mol. The predicted octanol–water partition coefficient (Wildman–Crippen LogP) is 9.36. The Balaban J connectivity index is 1.56. The number of anilines is 2. The second-order valence-electron chi connectivity index (χ2n) is 12.5. The number of ether oxygens (including phenoxy) is 2. The van der Waals surface area contributed by atoms with Gasteiger partial charge in [-0.15, -0.1) is 0 Å². The Labute approximate surface area is 307 Å². The van der Waals surface area contributed by atoms with E-state index in [-0.39, 0.29) is 11.7 Å². The number of aromatic nitrogens is 1. The lowest BCUT2D eigenvalue weighted by atomic mass is 9.89. The number of nitrogens with zero attached hydrogens (tertiary/aromatic N) is 5. The lowest BCUT2D eigenvalue weighted by Crippen LogP contribution is -2.52. The van der Waals surface area contributed by atoms with E-state index in [1.165, 1.54) is 0 Å². The SMILES string of the molecule is COc1cc(N(C)C)ccc1C1=[N+]2C(=Nc3c(-c4ccc(Br)cc4)cc(-c4ccc(N(C)C)cc4OC)n3[B-]2(F)F)C=C1c1ccc(Br)cc1. The highest BCUT2D eigenvalue weighted by Gasteiger charge is 2.53. The molecule has 254 valence electrons. The summed E-state index contributed by atoms with van der Waals surface area (Å²) in [6.45, 7) is -4.56. The van der Waals surface area contributed by atoms with Gasteiger partial charge in [0, 0.05) is 89.1 Å². The molecule has 0 saturated heterocycles. The summed E-state index contributed by atoms with van der Waals surface area (Å²) in [7, 11) is 10.8. The molecule has 2 aliphatic heterocycles. The zero-order valence-corrected chi connectivity index (χ0v) is 31.6. The van der Waals surface area contributed by atoms with Crippen LogP contribution in [0.3, 0.4) is 0 Å². The number of methoxy groups -OCH3 is 2. The largest absolute Gasteiger partial charge is 0.642 e. The summed E-state index contributed by atoms with van der Waals surface area (Å²) >= 11 is 7.03. The van der Waals surface area contributed by atoms with Crippen molar-refractivity contribution in [2.75, 3.05) is 52.2 Å². The van der Waals surface area contributed by atoms with Crippen molar-refractivity contribution in [3.05, 3.63) is 117 Å². The van der Waals surface area contributed by atoms with Gasteiger partial charge in [-0.2, -0.15) is 0 Å². The first-order valence-electron chi connectivity index (χ1n) is 15.9. The molecule has 12 heteroatoms. The van der Waals surface area contributed by atoms with Crippen LogP contribution in [0.1, 0.15) is 11.1 Å². The molecule has 0 saturated carbocycles. The fraction of sp³-hybridized carbons (Fsp3) is 0.158. The molecule has 1 aromatic heterocycles. The molecule has 7 rings (SSSR count). The van der Waals surface area contributed by atoms with E-state index in [2.05, 4.69) is 31.9 Å². The zero-order valence-electron chi connectivity index (χ0n) is 28.4. The number of hydrogen-bond donors (Lipinski definition) is 0. The number of allylic oxidation sites excluding steroid dienone is 1. The number of halogens is 4. The van der Waals surface area contributed by atoms with Gasteiger partial charge in [0.05, 0.1) is 19.8 Å². The molecule has 4 aromatic carbocycles. The Morgan fingerprint density at radius 2 is 1.20 bits per heavy atom. The van der Waals surface area contributed by atoms with Gasteiger partial charge >= 0.3 is 6.97 Å². The van der Waals surface area contributed by atoms with Crippen molar-refractivity contribution >= 4 is 73.1 Å². The van der Waals surface area contributed by atoms with Crippen LogP contribution in [0.25, 0.3) is 28.0 Å². The van der Waals surface area contributed by atoms with E-state index in [0.29, 0.717) is 45.2 Å². The molecule has 0 spiro atoms. The highest BCUT2D eigenvalue weighted by molar-refractivity contribution is 9.10. The third-order valence-electron chi connectivity index (χ3n) is 9.11. The Hall–Kier alpha value is -4.68. The summed E-state index contributed by atoms with van der Waals surface area (Å²) in [6.07, 6.45) is 1.75. The molecule has 0 radical (unpaired) electrons. The lowest BCUT2D eigenvalue weighted by Gasteiger charge is -2.32. The first-order chi connectivity index (χ1) is 23.9. The second kappa shape index (κ2) is 12.9.